The Kier molecular flexibility index (Phi) is 8.48. The summed E-state index contributed by atoms with van der Waals surface area (Å²) in [5.74, 6) is 0.0818. The summed E-state index contributed by atoms with van der Waals surface area (Å²) in [4.78, 5) is 19.1. The van der Waals surface area contributed by atoms with Crippen LogP contribution in [0.1, 0.15) is 25.0 Å². The number of aromatic nitrogens is 1. The fraction of sp³-hybridized carbons (Fsp3) is 0.400. The van der Waals surface area contributed by atoms with Crippen LogP contribution in [0.5, 0.6) is 5.75 Å². The molecule has 3 rings (SSSR count). The molecule has 2 heterocycles. The average molecular weight is 394 g/mol. The maximum absolute atomic E-state index is 13.0. The van der Waals surface area contributed by atoms with Gasteiger partial charge >= 0.3 is 0 Å². The molecule has 1 aromatic carbocycles. The van der Waals surface area contributed by atoms with E-state index in [1.807, 2.05) is 23.1 Å². The number of nitrogens with one attached hydrogen (secondary N) is 1. The highest BCUT2D eigenvalue weighted by Gasteiger charge is 2.25. The maximum atomic E-state index is 13.0. The van der Waals surface area contributed by atoms with Crippen LogP contribution in [0.15, 0.2) is 48.7 Å². The molecule has 1 aromatic heterocycles. The van der Waals surface area contributed by atoms with Gasteiger partial charge in [-0.2, -0.15) is 0 Å². The summed E-state index contributed by atoms with van der Waals surface area (Å²) in [7, 11) is 0. The van der Waals surface area contributed by atoms with Gasteiger partial charge in [0.2, 0.25) is 0 Å². The number of nitrogens with zero attached hydrogens (tertiary/aromatic N) is 2. The maximum Gasteiger partial charge on any atom is 0.261 e. The molecule has 5 nitrogen and oxygen atoms in total. The molecule has 1 aliphatic rings. The molecule has 0 saturated carbocycles. The Morgan fingerprint density at radius 1 is 1.19 bits per heavy atom. The summed E-state index contributed by atoms with van der Waals surface area (Å²) in [5.41, 5.74) is 0.861. The molecule has 2 aromatic rings. The van der Waals surface area contributed by atoms with E-state index in [2.05, 4.69) is 10.3 Å². The van der Waals surface area contributed by atoms with E-state index in [0.717, 1.165) is 38.0 Å². The normalized spacial score (nSPS) is 16.7. The van der Waals surface area contributed by atoms with Crippen molar-refractivity contribution in [1.82, 2.24) is 15.2 Å². The lowest BCUT2D eigenvalue weighted by molar-refractivity contribution is -0.136. The van der Waals surface area contributed by atoms with Gasteiger partial charge in [0, 0.05) is 12.2 Å². The van der Waals surface area contributed by atoms with Crippen molar-refractivity contribution in [2.45, 2.75) is 31.8 Å². The molecule has 0 aliphatic carbocycles. The zero-order chi connectivity index (χ0) is 18.2. The molecule has 1 fully saturated rings. The fourth-order valence-electron chi connectivity index (χ4n) is 3.16. The van der Waals surface area contributed by atoms with Crippen LogP contribution < -0.4 is 10.1 Å². The third kappa shape index (κ3) is 6.48. The minimum Gasteiger partial charge on any atom is -0.484 e. The standard InChI is InChI=1S/C20H24FN3O2.ClH/c21-16-6-8-19(9-7-16)26-15-20(25)24(14-17-4-1-2-12-23-17)18-5-3-11-22-13-10-18;/h1-2,4,6-9,12,18,22H,3,5,10-11,13-15H2;1H. The Morgan fingerprint density at radius 3 is 2.74 bits per heavy atom. The first kappa shape index (κ1) is 21.1. The van der Waals surface area contributed by atoms with E-state index in [9.17, 15) is 9.18 Å². The first-order valence-electron chi connectivity index (χ1n) is 9.01. The lowest BCUT2D eigenvalue weighted by Gasteiger charge is -2.31. The number of amides is 1. The molecule has 1 aliphatic heterocycles. The first-order chi connectivity index (χ1) is 12.7. The highest BCUT2D eigenvalue weighted by atomic mass is 35.5. The predicted molar refractivity (Wildman–Crippen MR) is 104 cm³/mol. The summed E-state index contributed by atoms with van der Waals surface area (Å²) in [6.07, 6.45) is 4.65. The molecule has 1 N–H and O–H groups in total. The van der Waals surface area contributed by atoms with Gasteiger partial charge in [0.1, 0.15) is 11.6 Å². The minimum absolute atomic E-state index is 0. The minimum atomic E-state index is -0.327. The van der Waals surface area contributed by atoms with E-state index >= 15 is 0 Å². The van der Waals surface area contributed by atoms with Crippen LogP contribution in [0, 0.1) is 5.82 Å². The molecule has 7 heteroatoms. The lowest BCUT2D eigenvalue weighted by Crippen LogP contribution is -2.43. The van der Waals surface area contributed by atoms with Crippen LogP contribution in [-0.4, -0.2) is 41.5 Å². The van der Waals surface area contributed by atoms with Crippen LogP contribution in [0.2, 0.25) is 0 Å². The van der Waals surface area contributed by atoms with Crippen molar-refractivity contribution in [3.05, 3.63) is 60.2 Å². The molecule has 27 heavy (non-hydrogen) atoms. The third-order valence-electron chi connectivity index (χ3n) is 4.54. The molecule has 146 valence electrons. The molecule has 0 spiro atoms. The van der Waals surface area contributed by atoms with Gasteiger partial charge in [-0.25, -0.2) is 4.39 Å². The number of rotatable bonds is 6. The average Bonchev–Trinajstić information content (AvgIpc) is 2.95. The Morgan fingerprint density at radius 2 is 2.00 bits per heavy atom. The van der Waals surface area contributed by atoms with E-state index in [1.165, 1.54) is 24.3 Å². The molecular weight excluding hydrogens is 369 g/mol. The summed E-state index contributed by atoms with van der Waals surface area (Å²) in [6.45, 7) is 2.28. The van der Waals surface area contributed by atoms with Gasteiger partial charge in [0.05, 0.1) is 12.2 Å². The van der Waals surface area contributed by atoms with E-state index < -0.39 is 0 Å². The number of ether oxygens (including phenoxy) is 1. The highest BCUT2D eigenvalue weighted by molar-refractivity contribution is 5.85. The van der Waals surface area contributed by atoms with Gasteiger partial charge in [-0.3, -0.25) is 9.78 Å². The summed E-state index contributed by atoms with van der Waals surface area (Å²) in [5, 5.41) is 3.38. The molecule has 1 atom stereocenters. The third-order valence-corrected chi connectivity index (χ3v) is 4.54. The number of benzene rings is 1. The van der Waals surface area contributed by atoms with E-state index in [-0.39, 0.29) is 36.8 Å². The molecule has 1 unspecified atom stereocenters. The van der Waals surface area contributed by atoms with Crippen molar-refractivity contribution in [1.29, 1.82) is 0 Å². The van der Waals surface area contributed by atoms with Crippen LogP contribution in [0.25, 0.3) is 0 Å². The number of carbonyl (C=O) groups is 1. The van der Waals surface area contributed by atoms with Crippen LogP contribution in [0.3, 0.4) is 0 Å². The zero-order valence-corrected chi connectivity index (χ0v) is 16.0. The SMILES string of the molecule is Cl.O=C(COc1ccc(F)cc1)N(Cc1ccccn1)C1CCCNCC1. The zero-order valence-electron chi connectivity index (χ0n) is 15.1. The van der Waals surface area contributed by atoms with Crippen LogP contribution in [0.4, 0.5) is 4.39 Å². The topological polar surface area (TPSA) is 54.5 Å². The van der Waals surface area contributed by atoms with E-state index in [4.69, 9.17) is 4.74 Å². The largest absolute Gasteiger partial charge is 0.484 e. The van der Waals surface area contributed by atoms with Crippen molar-refractivity contribution in [2.24, 2.45) is 0 Å². The first-order valence-corrected chi connectivity index (χ1v) is 9.01. The van der Waals surface area contributed by atoms with Gasteiger partial charge in [-0.15, -0.1) is 12.4 Å². The lowest BCUT2D eigenvalue weighted by atomic mass is 10.1. The second kappa shape index (κ2) is 10.8. The molecule has 0 bridgehead atoms. The van der Waals surface area contributed by atoms with Gasteiger partial charge in [-0.1, -0.05) is 6.07 Å². The highest BCUT2D eigenvalue weighted by Crippen LogP contribution is 2.18. The number of hydrogen-bond donors (Lipinski definition) is 1. The smallest absolute Gasteiger partial charge is 0.261 e. The Labute approximate surface area is 165 Å². The fourth-order valence-corrected chi connectivity index (χ4v) is 3.16. The Bertz CT molecular complexity index is 692. The Hall–Kier alpha value is -2.18. The molecule has 1 saturated heterocycles. The van der Waals surface area contributed by atoms with E-state index in [1.54, 1.807) is 6.20 Å². The number of pyridine rings is 1. The van der Waals surface area contributed by atoms with Crippen LogP contribution >= 0.6 is 12.4 Å². The van der Waals surface area contributed by atoms with Crippen molar-refractivity contribution in [2.75, 3.05) is 19.7 Å². The van der Waals surface area contributed by atoms with Crippen molar-refractivity contribution < 1.29 is 13.9 Å². The van der Waals surface area contributed by atoms with E-state index in [0.29, 0.717) is 12.3 Å². The van der Waals surface area contributed by atoms with Gasteiger partial charge in [0.25, 0.3) is 5.91 Å². The summed E-state index contributed by atoms with van der Waals surface area (Å²) < 4.78 is 18.6. The molecule has 0 radical (unpaired) electrons. The van der Waals surface area contributed by atoms with Gasteiger partial charge in [0.15, 0.2) is 6.61 Å². The van der Waals surface area contributed by atoms with Crippen LogP contribution in [-0.2, 0) is 11.3 Å². The van der Waals surface area contributed by atoms with Gasteiger partial charge < -0.3 is 15.0 Å². The second-order valence-electron chi connectivity index (χ2n) is 6.42. The van der Waals surface area contributed by atoms with Crippen molar-refractivity contribution in [3.8, 4) is 5.75 Å². The number of hydrogen-bond acceptors (Lipinski definition) is 4. The predicted octanol–water partition coefficient (Wildman–Crippen LogP) is 3.19. The molecule has 1 amide bonds. The summed E-state index contributed by atoms with van der Waals surface area (Å²) in [6, 6.07) is 11.6. The quantitative estimate of drug-likeness (QED) is 0.818. The number of carbonyl (C=O) groups excluding carboxylic acids is 1. The number of halogens is 2. The van der Waals surface area contributed by atoms with Gasteiger partial charge in [-0.05, 0) is 68.8 Å². The molecular formula is C20H25ClFN3O2. The van der Waals surface area contributed by atoms with Crippen molar-refractivity contribution in [3.63, 3.8) is 0 Å². The van der Waals surface area contributed by atoms with Crippen molar-refractivity contribution >= 4 is 18.3 Å². The summed E-state index contributed by atoms with van der Waals surface area (Å²) >= 11 is 0. The monoisotopic (exact) mass is 393 g/mol. The Balaban J connectivity index is 0.00000261. The second-order valence-corrected chi connectivity index (χ2v) is 6.42.